The standard InChI is InChI=1S/C34H42F2N6O3S/c1-23-26-7-5-8-28(18-26)34(35,36)27-9-14-41(15-10-27)21-24(20-37)6-3-2-4-13-42-32-30(31(40-23)38-22-39-32)19-29(33(42)43)25-11-16-46(44,45)17-12-25/h5,7-8,18-19,22-25,27H,2-4,6,9-17,21H2,1H3,(H,38,39,40)/t23-,24?/m1/s1. The van der Waals surface area contributed by atoms with Crippen molar-refractivity contribution < 1.29 is 17.2 Å². The van der Waals surface area contributed by atoms with Crippen LogP contribution in [0.1, 0.15) is 86.9 Å². The third-order valence-corrected chi connectivity index (χ3v) is 11.9. The van der Waals surface area contributed by atoms with Gasteiger partial charge < -0.3 is 10.2 Å². The van der Waals surface area contributed by atoms with E-state index in [2.05, 4.69) is 26.3 Å². The second-order valence-corrected chi connectivity index (χ2v) is 15.6. The Bertz CT molecular complexity index is 1770. The third-order valence-electron chi connectivity index (χ3n) is 10.2. The largest absolute Gasteiger partial charge is 0.363 e. The van der Waals surface area contributed by atoms with E-state index >= 15 is 8.78 Å². The Kier molecular flexibility index (Phi) is 9.44. The lowest BCUT2D eigenvalue weighted by Crippen LogP contribution is -2.41. The number of halogens is 2. The Morgan fingerprint density at radius 3 is 2.50 bits per heavy atom. The van der Waals surface area contributed by atoms with E-state index in [1.807, 2.05) is 13.0 Å². The molecule has 0 aliphatic carbocycles. The summed E-state index contributed by atoms with van der Waals surface area (Å²) in [7, 11) is -3.12. The van der Waals surface area contributed by atoms with E-state index in [0.717, 1.165) is 12.8 Å². The lowest BCUT2D eigenvalue weighted by atomic mass is 9.85. The minimum atomic E-state index is -3.12. The summed E-state index contributed by atoms with van der Waals surface area (Å²) in [6, 6.07) is 10.4. The van der Waals surface area contributed by atoms with Gasteiger partial charge in [-0.15, -0.1) is 0 Å². The predicted octanol–water partition coefficient (Wildman–Crippen LogP) is 5.77. The molecule has 9 nitrogen and oxygen atoms in total. The third kappa shape index (κ3) is 6.81. The van der Waals surface area contributed by atoms with E-state index in [9.17, 15) is 18.5 Å². The number of hydrogen-bond donors (Lipinski definition) is 1. The zero-order valence-electron chi connectivity index (χ0n) is 26.3. The number of nitrogens with one attached hydrogen (secondary N) is 1. The van der Waals surface area contributed by atoms with Crippen LogP contribution in [0.5, 0.6) is 0 Å². The van der Waals surface area contributed by atoms with E-state index in [4.69, 9.17) is 0 Å². The van der Waals surface area contributed by atoms with Crippen LogP contribution in [0.2, 0.25) is 0 Å². The van der Waals surface area contributed by atoms with Gasteiger partial charge in [-0.3, -0.25) is 9.36 Å². The number of aryl methyl sites for hydroxylation is 1. The number of anilines is 1. The van der Waals surface area contributed by atoms with Crippen molar-refractivity contribution in [3.63, 3.8) is 0 Å². The maximum Gasteiger partial charge on any atom is 0.276 e. The van der Waals surface area contributed by atoms with Crippen LogP contribution in [-0.4, -0.2) is 59.0 Å². The molecule has 0 saturated carbocycles. The Hall–Kier alpha value is -3.43. The van der Waals surface area contributed by atoms with E-state index in [1.165, 1.54) is 12.4 Å². The molecule has 2 fully saturated rings. The number of nitriles is 1. The van der Waals surface area contributed by atoms with Crippen molar-refractivity contribution in [1.82, 2.24) is 19.4 Å². The number of fused-ring (bicyclic) bond motifs is 9. The quantitative estimate of drug-likeness (QED) is 0.352. The van der Waals surface area contributed by atoms with Crippen molar-refractivity contribution in [2.45, 2.75) is 82.7 Å². The van der Waals surface area contributed by atoms with Gasteiger partial charge in [0.05, 0.1) is 28.9 Å². The summed E-state index contributed by atoms with van der Waals surface area (Å²) in [5.41, 5.74) is 1.56. The van der Waals surface area contributed by atoms with Gasteiger partial charge in [-0.2, -0.15) is 5.26 Å². The summed E-state index contributed by atoms with van der Waals surface area (Å²) in [5.74, 6) is -3.57. The molecular weight excluding hydrogens is 610 g/mol. The average Bonchev–Trinajstić information content (AvgIpc) is 3.05. The van der Waals surface area contributed by atoms with E-state index < -0.39 is 21.7 Å². The molecule has 1 unspecified atom stereocenters. The molecule has 4 aliphatic rings. The highest BCUT2D eigenvalue weighted by molar-refractivity contribution is 7.91. The minimum Gasteiger partial charge on any atom is -0.363 e. The number of sulfone groups is 1. The van der Waals surface area contributed by atoms with Gasteiger partial charge in [-0.25, -0.2) is 27.2 Å². The van der Waals surface area contributed by atoms with Crippen molar-refractivity contribution in [1.29, 1.82) is 5.26 Å². The maximum absolute atomic E-state index is 15.9. The number of alkyl halides is 2. The molecule has 7 rings (SSSR count). The Morgan fingerprint density at radius 1 is 1.00 bits per heavy atom. The van der Waals surface area contributed by atoms with Crippen molar-refractivity contribution in [2.75, 3.05) is 36.5 Å². The predicted molar refractivity (Wildman–Crippen MR) is 174 cm³/mol. The van der Waals surface area contributed by atoms with Crippen molar-refractivity contribution in [3.8, 4) is 6.07 Å². The van der Waals surface area contributed by atoms with Crippen LogP contribution in [0.3, 0.4) is 0 Å². The molecule has 0 spiro atoms. The number of rotatable bonds is 1. The SMILES string of the molecule is C[C@H]1Nc2ncnc3c2cc(C2CCS(=O)(=O)CC2)c(=O)n3CCCCCC(C#N)CN2CCC(CC2)C(F)(F)c2cccc1c2. The number of nitrogens with zero attached hydrogens (tertiary/aromatic N) is 5. The van der Waals surface area contributed by atoms with Gasteiger partial charge in [-0.05, 0) is 82.2 Å². The van der Waals surface area contributed by atoms with Gasteiger partial charge in [0.2, 0.25) is 0 Å². The minimum absolute atomic E-state index is 0.00573. The molecular formula is C34H42F2N6O3S. The second kappa shape index (κ2) is 13.4. The van der Waals surface area contributed by atoms with Gasteiger partial charge in [-0.1, -0.05) is 31.0 Å². The molecule has 1 aromatic carbocycles. The summed E-state index contributed by atoms with van der Waals surface area (Å²) < 4.78 is 57.9. The highest BCUT2D eigenvalue weighted by Gasteiger charge is 2.43. The van der Waals surface area contributed by atoms with Crippen molar-refractivity contribution >= 4 is 26.7 Å². The van der Waals surface area contributed by atoms with Crippen LogP contribution in [0, 0.1) is 23.2 Å². The first-order valence-corrected chi connectivity index (χ1v) is 18.3. The second-order valence-electron chi connectivity index (χ2n) is 13.3. The van der Waals surface area contributed by atoms with Gasteiger partial charge in [0.25, 0.3) is 11.5 Å². The molecule has 4 aliphatic heterocycles. The lowest BCUT2D eigenvalue weighted by molar-refractivity contribution is -0.0860. The molecule has 0 radical (unpaired) electrons. The summed E-state index contributed by atoms with van der Waals surface area (Å²) in [6.45, 7) is 4.01. The molecule has 46 heavy (non-hydrogen) atoms. The van der Waals surface area contributed by atoms with Crippen molar-refractivity contribution in [2.24, 2.45) is 11.8 Å². The first-order chi connectivity index (χ1) is 22.1. The molecule has 8 bridgehead atoms. The Balaban J connectivity index is 1.40. The van der Waals surface area contributed by atoms with E-state index in [-0.39, 0.29) is 40.5 Å². The van der Waals surface area contributed by atoms with Crippen LogP contribution in [0.25, 0.3) is 11.0 Å². The molecule has 1 N–H and O–H groups in total. The van der Waals surface area contributed by atoms with Crippen LogP contribution in [-0.2, 0) is 22.3 Å². The van der Waals surface area contributed by atoms with Gasteiger partial charge in [0, 0.05) is 36.2 Å². The maximum atomic E-state index is 15.9. The fourth-order valence-corrected chi connectivity index (χ4v) is 8.87. The topological polar surface area (TPSA) is 121 Å². The van der Waals surface area contributed by atoms with Crippen LogP contribution in [0.4, 0.5) is 14.6 Å². The molecule has 2 aromatic heterocycles. The van der Waals surface area contributed by atoms with E-state index in [0.29, 0.717) is 92.7 Å². The van der Waals surface area contributed by atoms with Crippen LogP contribution >= 0.6 is 0 Å². The van der Waals surface area contributed by atoms with Crippen LogP contribution < -0.4 is 10.9 Å². The monoisotopic (exact) mass is 652 g/mol. The zero-order valence-corrected chi connectivity index (χ0v) is 27.1. The summed E-state index contributed by atoms with van der Waals surface area (Å²) >= 11 is 0. The first kappa shape index (κ1) is 32.5. The fourth-order valence-electron chi connectivity index (χ4n) is 7.38. The van der Waals surface area contributed by atoms with Gasteiger partial charge in [0.15, 0.2) is 0 Å². The average molecular weight is 653 g/mol. The number of aromatic nitrogens is 3. The fraction of sp³-hybridized carbons (Fsp3) is 0.588. The number of pyridine rings is 1. The highest BCUT2D eigenvalue weighted by atomic mass is 32.2. The molecule has 2 saturated heterocycles. The Labute approximate surface area is 269 Å². The molecule has 246 valence electrons. The van der Waals surface area contributed by atoms with Crippen molar-refractivity contribution in [3.05, 3.63) is 63.7 Å². The van der Waals surface area contributed by atoms with Gasteiger partial charge >= 0.3 is 0 Å². The normalized spacial score (nSPS) is 27.3. The van der Waals surface area contributed by atoms with E-state index in [1.54, 1.807) is 22.8 Å². The summed E-state index contributed by atoms with van der Waals surface area (Å²) in [5, 5.41) is 13.9. The van der Waals surface area contributed by atoms with Crippen LogP contribution in [0.15, 0.2) is 41.5 Å². The number of hydrogen-bond acceptors (Lipinski definition) is 8. The first-order valence-electron chi connectivity index (χ1n) is 16.5. The van der Waals surface area contributed by atoms with Gasteiger partial charge in [0.1, 0.15) is 27.6 Å². The molecule has 2 atom stereocenters. The Morgan fingerprint density at radius 2 is 1.76 bits per heavy atom. The summed E-state index contributed by atoms with van der Waals surface area (Å²) in [6.07, 6.45) is 5.97. The molecule has 3 aromatic rings. The smallest absolute Gasteiger partial charge is 0.276 e. The molecule has 0 amide bonds. The summed E-state index contributed by atoms with van der Waals surface area (Å²) in [4.78, 5) is 25.1. The lowest BCUT2D eigenvalue weighted by Gasteiger charge is -2.37. The number of benzene rings is 1. The molecule has 12 heteroatoms. The number of piperidine rings is 1. The molecule has 6 heterocycles. The zero-order chi connectivity index (χ0) is 32.5. The highest BCUT2D eigenvalue weighted by Crippen LogP contribution is 2.42.